The number of fused-ring (bicyclic) bond motifs is 1. The molecule has 2 unspecified atom stereocenters. The molecule has 0 amide bonds. The Labute approximate surface area is 149 Å². The van der Waals surface area contributed by atoms with Crippen molar-refractivity contribution in [1.29, 1.82) is 0 Å². The van der Waals surface area contributed by atoms with E-state index >= 15 is 0 Å². The van der Waals surface area contributed by atoms with Crippen molar-refractivity contribution in [3.63, 3.8) is 0 Å². The summed E-state index contributed by atoms with van der Waals surface area (Å²) >= 11 is 1.57. The fourth-order valence-corrected chi connectivity index (χ4v) is 4.14. The zero-order chi connectivity index (χ0) is 17.4. The van der Waals surface area contributed by atoms with Crippen LogP contribution in [-0.4, -0.2) is 25.9 Å². The number of hydrogen-bond donors (Lipinski definition) is 2. The van der Waals surface area contributed by atoms with Crippen molar-refractivity contribution in [3.05, 3.63) is 46.5 Å². The third kappa shape index (κ3) is 3.56. The molecule has 4 rings (SSSR count). The zero-order valence-corrected chi connectivity index (χ0v) is 15.1. The van der Waals surface area contributed by atoms with Gasteiger partial charge in [0.25, 0.3) is 0 Å². The second-order valence-corrected chi connectivity index (χ2v) is 7.95. The molecule has 1 aromatic carbocycles. The Hall–Kier alpha value is -1.90. The number of hydrazine groups is 1. The van der Waals surface area contributed by atoms with Crippen LogP contribution in [0.3, 0.4) is 0 Å². The molecule has 3 heterocycles. The fourth-order valence-electron chi connectivity index (χ4n) is 3.22. The minimum atomic E-state index is -0.234. The van der Waals surface area contributed by atoms with Gasteiger partial charge in [0.2, 0.25) is 4.96 Å². The maximum absolute atomic E-state index is 13.0. The molecule has 1 fully saturated rings. The van der Waals surface area contributed by atoms with Gasteiger partial charge in [0.05, 0.1) is 6.04 Å². The first-order chi connectivity index (χ1) is 12.1. The van der Waals surface area contributed by atoms with Crippen molar-refractivity contribution in [2.75, 3.05) is 0 Å². The van der Waals surface area contributed by atoms with Gasteiger partial charge in [-0.15, -0.1) is 10.2 Å². The molecule has 0 saturated carbocycles. The summed E-state index contributed by atoms with van der Waals surface area (Å²) in [5.41, 5.74) is 7.71. The molecule has 132 valence electrons. The number of rotatable bonds is 5. The minimum Gasteiger partial charge on any atom is -0.254 e. The van der Waals surface area contributed by atoms with E-state index < -0.39 is 0 Å². The van der Waals surface area contributed by atoms with Crippen LogP contribution in [0, 0.1) is 11.7 Å². The lowest BCUT2D eigenvalue weighted by atomic mass is 10.0. The van der Waals surface area contributed by atoms with Crippen LogP contribution >= 0.6 is 11.3 Å². The van der Waals surface area contributed by atoms with E-state index in [0.29, 0.717) is 18.4 Å². The number of nitrogens with zero attached hydrogens (tertiary/aromatic N) is 4. The van der Waals surface area contributed by atoms with Crippen LogP contribution in [0.5, 0.6) is 0 Å². The highest BCUT2D eigenvalue weighted by atomic mass is 32.1. The van der Waals surface area contributed by atoms with Crippen LogP contribution in [0.2, 0.25) is 0 Å². The average molecular weight is 360 g/mol. The maximum Gasteiger partial charge on any atom is 0.234 e. The van der Waals surface area contributed by atoms with Crippen molar-refractivity contribution < 1.29 is 4.39 Å². The van der Waals surface area contributed by atoms with Gasteiger partial charge in [-0.05, 0) is 36.5 Å². The highest BCUT2D eigenvalue weighted by Crippen LogP contribution is 2.28. The normalized spacial score (nSPS) is 20.8. The molecule has 6 nitrogen and oxygen atoms in total. The molecular formula is C17H21FN6S. The summed E-state index contributed by atoms with van der Waals surface area (Å²) in [5.74, 6) is 1.20. The van der Waals surface area contributed by atoms with E-state index in [1.165, 1.54) is 12.1 Å². The Bertz CT molecular complexity index is 856. The third-order valence-corrected chi connectivity index (χ3v) is 5.39. The summed E-state index contributed by atoms with van der Waals surface area (Å²) in [6.07, 6.45) is 2.75. The van der Waals surface area contributed by atoms with E-state index in [0.717, 1.165) is 34.2 Å². The molecule has 0 bridgehead atoms. The largest absolute Gasteiger partial charge is 0.254 e. The molecule has 3 aromatic rings. The van der Waals surface area contributed by atoms with E-state index in [4.69, 9.17) is 5.10 Å². The Morgan fingerprint density at radius 2 is 2.04 bits per heavy atom. The van der Waals surface area contributed by atoms with Crippen LogP contribution in [0.15, 0.2) is 24.3 Å². The summed E-state index contributed by atoms with van der Waals surface area (Å²) in [5, 5.41) is 14.2. The number of aromatic nitrogens is 4. The molecule has 1 aliphatic heterocycles. The first-order valence-electron chi connectivity index (χ1n) is 8.55. The summed E-state index contributed by atoms with van der Waals surface area (Å²) in [6, 6.07) is 7.13. The molecule has 2 N–H and O–H groups in total. The molecule has 0 spiro atoms. The number of nitrogens with one attached hydrogen (secondary N) is 2. The Balaban J connectivity index is 1.51. The number of halogens is 1. The Morgan fingerprint density at radius 1 is 1.24 bits per heavy atom. The van der Waals surface area contributed by atoms with Crippen molar-refractivity contribution in [2.24, 2.45) is 5.92 Å². The average Bonchev–Trinajstić information content (AvgIpc) is 3.26. The molecule has 1 saturated heterocycles. The quantitative estimate of drug-likeness (QED) is 0.732. The minimum absolute atomic E-state index is 0.203. The SMILES string of the molecule is CC(C)CC1CC(c2nn3c(Cc4ccc(F)cc4)nnc3s2)NN1. The molecule has 0 aliphatic carbocycles. The highest BCUT2D eigenvalue weighted by Gasteiger charge is 2.28. The van der Waals surface area contributed by atoms with Gasteiger partial charge in [0.1, 0.15) is 10.8 Å². The third-order valence-electron chi connectivity index (χ3n) is 4.38. The van der Waals surface area contributed by atoms with Gasteiger partial charge >= 0.3 is 0 Å². The van der Waals surface area contributed by atoms with Crippen LogP contribution in [0.1, 0.15) is 49.1 Å². The van der Waals surface area contributed by atoms with E-state index in [-0.39, 0.29) is 11.9 Å². The first-order valence-corrected chi connectivity index (χ1v) is 9.36. The molecule has 1 aliphatic rings. The van der Waals surface area contributed by atoms with Gasteiger partial charge in [-0.2, -0.15) is 9.61 Å². The van der Waals surface area contributed by atoms with Crippen LogP contribution < -0.4 is 10.9 Å². The van der Waals surface area contributed by atoms with Crippen LogP contribution in [-0.2, 0) is 6.42 Å². The predicted octanol–water partition coefficient (Wildman–Crippen LogP) is 2.87. The maximum atomic E-state index is 13.0. The summed E-state index contributed by atoms with van der Waals surface area (Å²) in [4.78, 5) is 0.793. The van der Waals surface area contributed by atoms with Gasteiger partial charge in [-0.3, -0.25) is 5.43 Å². The monoisotopic (exact) mass is 360 g/mol. The van der Waals surface area contributed by atoms with Crippen molar-refractivity contribution in [1.82, 2.24) is 30.7 Å². The second-order valence-electron chi connectivity index (χ2n) is 6.96. The van der Waals surface area contributed by atoms with Crippen LogP contribution in [0.25, 0.3) is 4.96 Å². The summed E-state index contributed by atoms with van der Waals surface area (Å²) in [6.45, 7) is 4.47. The van der Waals surface area contributed by atoms with Gasteiger partial charge in [0.15, 0.2) is 5.82 Å². The molecule has 25 heavy (non-hydrogen) atoms. The number of hydrogen-bond acceptors (Lipinski definition) is 6. The smallest absolute Gasteiger partial charge is 0.234 e. The Morgan fingerprint density at radius 3 is 2.80 bits per heavy atom. The number of benzene rings is 1. The molecule has 2 atom stereocenters. The second kappa shape index (κ2) is 6.78. The summed E-state index contributed by atoms with van der Waals surface area (Å²) < 4.78 is 14.9. The van der Waals surface area contributed by atoms with E-state index in [1.54, 1.807) is 28.0 Å². The lowest BCUT2D eigenvalue weighted by Gasteiger charge is -2.10. The lowest BCUT2D eigenvalue weighted by Crippen LogP contribution is -2.31. The van der Waals surface area contributed by atoms with Gasteiger partial charge in [-0.25, -0.2) is 9.82 Å². The topological polar surface area (TPSA) is 67.1 Å². The van der Waals surface area contributed by atoms with Gasteiger partial charge < -0.3 is 0 Å². The van der Waals surface area contributed by atoms with E-state index in [2.05, 4.69) is 34.9 Å². The van der Waals surface area contributed by atoms with E-state index in [9.17, 15) is 4.39 Å². The molecule has 0 radical (unpaired) electrons. The van der Waals surface area contributed by atoms with Gasteiger partial charge in [-0.1, -0.05) is 37.3 Å². The highest BCUT2D eigenvalue weighted by molar-refractivity contribution is 7.16. The fraction of sp³-hybridized carbons (Fsp3) is 0.471. The standard InChI is InChI=1S/C17H21FN6S/c1-10(2)7-13-9-14(20-19-13)16-23-24-15(21-22-17(24)25-16)8-11-3-5-12(18)6-4-11/h3-6,10,13-14,19-20H,7-9H2,1-2H3. The lowest BCUT2D eigenvalue weighted by molar-refractivity contribution is 0.446. The van der Waals surface area contributed by atoms with E-state index in [1.807, 2.05) is 0 Å². The Kier molecular flexibility index (Phi) is 4.49. The summed E-state index contributed by atoms with van der Waals surface area (Å²) in [7, 11) is 0. The predicted molar refractivity (Wildman–Crippen MR) is 94.7 cm³/mol. The van der Waals surface area contributed by atoms with Crippen molar-refractivity contribution in [2.45, 2.75) is 45.2 Å². The van der Waals surface area contributed by atoms with Gasteiger partial charge in [0, 0.05) is 12.5 Å². The molecular weight excluding hydrogens is 339 g/mol. The first kappa shape index (κ1) is 16.6. The molecule has 8 heteroatoms. The van der Waals surface area contributed by atoms with Crippen molar-refractivity contribution >= 4 is 16.3 Å². The van der Waals surface area contributed by atoms with Crippen LogP contribution in [0.4, 0.5) is 4.39 Å². The van der Waals surface area contributed by atoms with Crippen molar-refractivity contribution in [3.8, 4) is 0 Å². The zero-order valence-electron chi connectivity index (χ0n) is 14.2. The molecule has 2 aromatic heterocycles.